The molecule has 0 aliphatic rings. The molecule has 0 fully saturated rings. The maximum Gasteiger partial charge on any atom is 0.326 e. The van der Waals surface area contributed by atoms with Crippen molar-refractivity contribution in [1.82, 2.24) is 25.9 Å². The van der Waals surface area contributed by atoms with Crippen LogP contribution in [0.25, 0.3) is 0 Å². The maximum atomic E-state index is 13.3. The highest BCUT2D eigenvalue weighted by molar-refractivity contribution is 5.94. The zero-order chi connectivity index (χ0) is 30.4. The van der Waals surface area contributed by atoms with Gasteiger partial charge in [-0.05, 0) is 56.3 Å². The summed E-state index contributed by atoms with van der Waals surface area (Å²) in [6.07, 6.45) is 3.23. The number of nitrogens with two attached hydrogens (primary N) is 2. The Bertz CT molecular complexity index is 1160. The fraction of sp³-hybridized carbons (Fsp3) is 0.462. The number of nitrogens with zero attached hydrogens (tertiary/aromatic N) is 1. The second kappa shape index (κ2) is 16.6. The van der Waals surface area contributed by atoms with E-state index in [2.05, 4.69) is 25.9 Å². The normalized spacial score (nSPS) is 13.8. The van der Waals surface area contributed by atoms with Gasteiger partial charge < -0.3 is 47.7 Å². The third-order valence-corrected chi connectivity index (χ3v) is 6.18. The molecule has 0 spiro atoms. The summed E-state index contributed by atoms with van der Waals surface area (Å²) in [6.45, 7) is 0.362. The Morgan fingerprint density at radius 1 is 0.854 bits per heavy atom. The lowest BCUT2D eigenvalue weighted by molar-refractivity contribution is -0.143. The largest absolute Gasteiger partial charge is 0.508 e. The van der Waals surface area contributed by atoms with E-state index in [1.165, 1.54) is 24.7 Å². The summed E-state index contributed by atoms with van der Waals surface area (Å²) in [6, 6.07) is 1.28. The van der Waals surface area contributed by atoms with E-state index in [0.717, 1.165) is 0 Å². The van der Waals surface area contributed by atoms with E-state index in [9.17, 15) is 34.2 Å². The molecule has 1 aromatic carbocycles. The Hall–Kier alpha value is -4.50. The summed E-state index contributed by atoms with van der Waals surface area (Å²) in [5.74, 6) is -4.77. The molecule has 1 aromatic heterocycles. The minimum absolute atomic E-state index is 0.0636. The molecule has 3 amide bonds. The molecule has 224 valence electrons. The fourth-order valence-corrected chi connectivity index (χ4v) is 3.91. The van der Waals surface area contributed by atoms with Gasteiger partial charge in [0, 0.05) is 24.7 Å². The van der Waals surface area contributed by atoms with Gasteiger partial charge in [-0.3, -0.25) is 19.2 Å². The molecule has 4 atom stereocenters. The monoisotopic (exact) mass is 575 g/mol. The predicted octanol–water partition coefficient (Wildman–Crippen LogP) is -1.24. The highest BCUT2D eigenvalue weighted by atomic mass is 16.4. The van der Waals surface area contributed by atoms with E-state index in [0.29, 0.717) is 30.6 Å². The van der Waals surface area contributed by atoms with Crippen LogP contribution in [0.5, 0.6) is 5.75 Å². The Labute approximate surface area is 236 Å². The number of phenolic OH excluding ortho intramolecular Hbond substituents is 1. The van der Waals surface area contributed by atoms with Crippen LogP contribution < -0.4 is 27.4 Å². The molecule has 0 aliphatic carbocycles. The Balaban J connectivity index is 2.17. The Morgan fingerprint density at radius 2 is 1.49 bits per heavy atom. The molecule has 1 heterocycles. The van der Waals surface area contributed by atoms with Crippen LogP contribution in [0.2, 0.25) is 0 Å². The lowest BCUT2D eigenvalue weighted by Crippen LogP contribution is -2.57. The second-order valence-corrected chi connectivity index (χ2v) is 9.50. The van der Waals surface area contributed by atoms with Gasteiger partial charge in [0.1, 0.15) is 23.9 Å². The van der Waals surface area contributed by atoms with E-state index in [1.54, 1.807) is 12.1 Å². The number of rotatable bonds is 18. The number of phenols is 1. The summed E-state index contributed by atoms with van der Waals surface area (Å²) in [5, 5.41) is 35.3. The lowest BCUT2D eigenvalue weighted by atomic mass is 10.0. The van der Waals surface area contributed by atoms with Crippen molar-refractivity contribution in [2.45, 2.75) is 69.1 Å². The van der Waals surface area contributed by atoms with Crippen LogP contribution in [0, 0.1) is 0 Å². The lowest BCUT2D eigenvalue weighted by Gasteiger charge is -2.25. The quantitative estimate of drug-likeness (QED) is 0.0949. The summed E-state index contributed by atoms with van der Waals surface area (Å²) in [5.41, 5.74) is 12.8. The molecule has 0 saturated carbocycles. The van der Waals surface area contributed by atoms with Crippen molar-refractivity contribution in [1.29, 1.82) is 0 Å². The third-order valence-electron chi connectivity index (χ3n) is 6.18. The van der Waals surface area contributed by atoms with Gasteiger partial charge in [-0.25, -0.2) is 9.78 Å². The molecular weight excluding hydrogens is 538 g/mol. The van der Waals surface area contributed by atoms with E-state index < -0.39 is 60.2 Å². The van der Waals surface area contributed by atoms with Gasteiger partial charge in [0.15, 0.2) is 0 Å². The number of carbonyl (C=O) groups is 5. The zero-order valence-corrected chi connectivity index (χ0v) is 22.4. The number of nitrogens with one attached hydrogen (secondary N) is 4. The van der Waals surface area contributed by atoms with Crippen molar-refractivity contribution >= 4 is 29.7 Å². The first-order chi connectivity index (χ1) is 19.5. The molecule has 2 rings (SSSR count). The number of carboxylic acid groups (broad SMARTS) is 2. The number of H-pyrrole nitrogens is 1. The number of aliphatic carboxylic acids is 2. The van der Waals surface area contributed by atoms with E-state index >= 15 is 0 Å². The number of aromatic amines is 1. The van der Waals surface area contributed by atoms with Gasteiger partial charge in [0.2, 0.25) is 17.7 Å². The minimum atomic E-state index is -1.50. The van der Waals surface area contributed by atoms with Gasteiger partial charge >= 0.3 is 11.9 Å². The summed E-state index contributed by atoms with van der Waals surface area (Å²) in [7, 11) is 0. The van der Waals surface area contributed by atoms with Crippen molar-refractivity contribution in [3.8, 4) is 5.75 Å². The third kappa shape index (κ3) is 11.6. The van der Waals surface area contributed by atoms with E-state index in [1.807, 2.05) is 0 Å². The molecule has 0 radical (unpaired) electrons. The van der Waals surface area contributed by atoms with Crippen LogP contribution in [0.15, 0.2) is 36.8 Å². The number of hydrogen-bond acceptors (Lipinski definition) is 9. The number of carbonyl (C=O) groups excluding carboxylic acids is 3. The first-order valence-electron chi connectivity index (χ1n) is 13.1. The van der Waals surface area contributed by atoms with Crippen LogP contribution in [0.1, 0.15) is 43.4 Å². The van der Waals surface area contributed by atoms with Crippen LogP contribution in [0.4, 0.5) is 0 Å². The number of aromatic nitrogens is 2. The SMILES string of the molecule is NCCCCC(NC(=O)C(N)Cc1ccc(O)cc1)C(=O)NC(Cc1cnc[nH]1)C(=O)NC(CCC(=O)O)C(=O)O. The number of hydrogen-bond donors (Lipinski definition) is 9. The van der Waals surface area contributed by atoms with Crippen molar-refractivity contribution in [3.63, 3.8) is 0 Å². The molecule has 2 aromatic rings. The van der Waals surface area contributed by atoms with Gasteiger partial charge in [-0.15, -0.1) is 0 Å². The van der Waals surface area contributed by atoms with Gasteiger partial charge in [0.25, 0.3) is 0 Å². The van der Waals surface area contributed by atoms with Crippen LogP contribution in [-0.4, -0.2) is 85.7 Å². The molecule has 0 aliphatic heterocycles. The van der Waals surface area contributed by atoms with Gasteiger partial charge in [0.05, 0.1) is 12.4 Å². The van der Waals surface area contributed by atoms with Gasteiger partial charge in [-0.1, -0.05) is 12.1 Å². The predicted molar refractivity (Wildman–Crippen MR) is 145 cm³/mol. The number of unbranched alkanes of at least 4 members (excludes halogenated alkanes) is 1. The maximum absolute atomic E-state index is 13.3. The first kappa shape index (κ1) is 32.7. The molecule has 11 N–H and O–H groups in total. The number of benzene rings is 1. The van der Waals surface area contributed by atoms with Crippen molar-refractivity contribution in [2.75, 3.05) is 6.54 Å². The molecular formula is C26H37N7O8. The van der Waals surface area contributed by atoms with Crippen LogP contribution in [0.3, 0.4) is 0 Å². The van der Waals surface area contributed by atoms with Crippen molar-refractivity contribution in [2.24, 2.45) is 11.5 Å². The number of carboxylic acids is 2. The topological polar surface area (TPSA) is 263 Å². The summed E-state index contributed by atoms with van der Waals surface area (Å²) < 4.78 is 0. The highest BCUT2D eigenvalue weighted by Crippen LogP contribution is 2.12. The molecule has 0 saturated heterocycles. The number of amides is 3. The summed E-state index contributed by atoms with van der Waals surface area (Å²) in [4.78, 5) is 68.5. The standard InChI is InChI=1S/C26H37N7O8/c27-10-2-1-3-19(31-23(37)18(28)11-15-4-6-17(34)7-5-15)24(38)33-21(12-16-13-29-14-30-16)25(39)32-20(26(40)41)8-9-22(35)36/h4-7,13-14,18-21,34H,1-3,8-12,27-28H2,(H,29,30)(H,31,37)(H,32,39)(H,33,38)(H,35,36)(H,40,41). The Kier molecular flexibility index (Phi) is 13.2. The van der Waals surface area contributed by atoms with Crippen molar-refractivity contribution < 1.29 is 39.3 Å². The van der Waals surface area contributed by atoms with Gasteiger partial charge in [-0.2, -0.15) is 0 Å². The molecule has 15 nitrogen and oxygen atoms in total. The average Bonchev–Trinajstić information content (AvgIpc) is 3.44. The highest BCUT2D eigenvalue weighted by Gasteiger charge is 2.31. The van der Waals surface area contributed by atoms with Crippen LogP contribution >= 0.6 is 0 Å². The smallest absolute Gasteiger partial charge is 0.326 e. The molecule has 0 bridgehead atoms. The average molecular weight is 576 g/mol. The number of imidazole rings is 1. The fourth-order valence-electron chi connectivity index (χ4n) is 3.91. The molecule has 15 heteroatoms. The molecule has 4 unspecified atom stereocenters. The zero-order valence-electron chi connectivity index (χ0n) is 22.4. The van der Waals surface area contributed by atoms with E-state index in [4.69, 9.17) is 16.6 Å². The minimum Gasteiger partial charge on any atom is -0.508 e. The second-order valence-electron chi connectivity index (χ2n) is 9.50. The molecule has 41 heavy (non-hydrogen) atoms. The van der Waals surface area contributed by atoms with Crippen molar-refractivity contribution in [3.05, 3.63) is 48.0 Å². The first-order valence-corrected chi connectivity index (χ1v) is 13.1. The van der Waals surface area contributed by atoms with Crippen LogP contribution in [-0.2, 0) is 36.8 Å². The number of aromatic hydroxyl groups is 1. The Morgan fingerprint density at radius 3 is 2.07 bits per heavy atom. The summed E-state index contributed by atoms with van der Waals surface area (Å²) >= 11 is 0. The van der Waals surface area contributed by atoms with E-state index in [-0.39, 0.29) is 31.4 Å².